The average molecular weight is 277 g/mol. The van der Waals surface area contributed by atoms with Crippen LogP contribution in [0, 0.1) is 0 Å². The number of hydrogen-bond acceptors (Lipinski definition) is 4. The van der Waals surface area contributed by atoms with Crippen LogP contribution in [0.3, 0.4) is 0 Å². The Morgan fingerprint density at radius 1 is 1.26 bits per heavy atom. The van der Waals surface area contributed by atoms with E-state index in [0.717, 1.165) is 6.54 Å². The van der Waals surface area contributed by atoms with Crippen molar-refractivity contribution in [2.24, 2.45) is 0 Å². The maximum atomic E-state index is 6.11. The minimum absolute atomic E-state index is 0.128. The van der Waals surface area contributed by atoms with Crippen molar-refractivity contribution in [3.63, 3.8) is 0 Å². The van der Waals surface area contributed by atoms with Gasteiger partial charge in [0.2, 0.25) is 5.95 Å². The summed E-state index contributed by atoms with van der Waals surface area (Å²) in [7, 11) is 0. The van der Waals surface area contributed by atoms with E-state index in [1.54, 1.807) is 6.20 Å². The molecule has 0 aliphatic rings. The predicted molar refractivity (Wildman–Crippen MR) is 79.7 cm³/mol. The van der Waals surface area contributed by atoms with Crippen molar-refractivity contribution in [3.05, 3.63) is 47.1 Å². The fraction of sp³-hybridized carbons (Fsp3) is 0.286. The molecule has 1 unspecified atom stereocenters. The predicted octanol–water partition coefficient (Wildman–Crippen LogP) is 3.73. The third-order valence-electron chi connectivity index (χ3n) is 2.73. The zero-order valence-electron chi connectivity index (χ0n) is 11.0. The van der Waals surface area contributed by atoms with E-state index in [1.807, 2.05) is 25.1 Å². The van der Waals surface area contributed by atoms with Crippen molar-refractivity contribution in [1.29, 1.82) is 0 Å². The molecule has 1 aromatic carbocycles. The maximum absolute atomic E-state index is 6.11. The quantitative estimate of drug-likeness (QED) is 0.874. The summed E-state index contributed by atoms with van der Waals surface area (Å²) >= 11 is 6.11. The second-order valence-corrected chi connectivity index (χ2v) is 4.60. The van der Waals surface area contributed by atoms with Crippen LogP contribution >= 0.6 is 11.6 Å². The Hall–Kier alpha value is -1.81. The van der Waals surface area contributed by atoms with Crippen LogP contribution in [0.25, 0.3) is 0 Å². The summed E-state index contributed by atoms with van der Waals surface area (Å²) in [6, 6.07) is 10.3. The first-order valence-electron chi connectivity index (χ1n) is 6.28. The Morgan fingerprint density at radius 2 is 2.00 bits per heavy atom. The molecule has 0 amide bonds. The SMILES string of the molecule is CCNc1ncc(Cl)c(NC(C)c2ccccc2)n1. The molecule has 1 aromatic heterocycles. The number of nitrogens with one attached hydrogen (secondary N) is 2. The van der Waals surface area contributed by atoms with E-state index < -0.39 is 0 Å². The lowest BCUT2D eigenvalue weighted by atomic mass is 10.1. The molecular weight excluding hydrogens is 260 g/mol. The molecule has 0 aliphatic carbocycles. The molecule has 0 saturated heterocycles. The monoisotopic (exact) mass is 276 g/mol. The van der Waals surface area contributed by atoms with E-state index in [4.69, 9.17) is 11.6 Å². The largest absolute Gasteiger partial charge is 0.362 e. The topological polar surface area (TPSA) is 49.8 Å². The van der Waals surface area contributed by atoms with Crippen molar-refractivity contribution >= 4 is 23.4 Å². The van der Waals surface area contributed by atoms with Crippen molar-refractivity contribution in [2.45, 2.75) is 19.9 Å². The Balaban J connectivity index is 2.16. The average Bonchev–Trinajstić information content (AvgIpc) is 2.44. The first kappa shape index (κ1) is 13.6. The Bertz CT molecular complexity index is 530. The lowest BCUT2D eigenvalue weighted by Crippen LogP contribution is -2.10. The van der Waals surface area contributed by atoms with Crippen LogP contribution in [0.1, 0.15) is 25.5 Å². The number of anilines is 2. The van der Waals surface area contributed by atoms with Crippen LogP contribution in [0.15, 0.2) is 36.5 Å². The van der Waals surface area contributed by atoms with Crippen LogP contribution in [0.4, 0.5) is 11.8 Å². The summed E-state index contributed by atoms with van der Waals surface area (Å²) in [5.74, 6) is 1.22. The van der Waals surface area contributed by atoms with E-state index in [-0.39, 0.29) is 6.04 Å². The van der Waals surface area contributed by atoms with Gasteiger partial charge in [-0.1, -0.05) is 41.9 Å². The summed E-state index contributed by atoms with van der Waals surface area (Å²) in [5, 5.41) is 6.89. The Morgan fingerprint density at radius 3 is 2.68 bits per heavy atom. The molecule has 0 fully saturated rings. The molecule has 4 nitrogen and oxygen atoms in total. The van der Waals surface area contributed by atoms with Gasteiger partial charge in [-0.2, -0.15) is 4.98 Å². The van der Waals surface area contributed by atoms with Gasteiger partial charge in [0, 0.05) is 12.6 Å². The highest BCUT2D eigenvalue weighted by molar-refractivity contribution is 6.32. The van der Waals surface area contributed by atoms with Gasteiger partial charge in [-0.15, -0.1) is 0 Å². The number of benzene rings is 1. The van der Waals surface area contributed by atoms with Gasteiger partial charge in [0.1, 0.15) is 5.02 Å². The molecular formula is C14H17ClN4. The molecule has 19 heavy (non-hydrogen) atoms. The van der Waals surface area contributed by atoms with E-state index in [2.05, 4.69) is 39.7 Å². The summed E-state index contributed by atoms with van der Waals surface area (Å²) in [5.41, 5.74) is 1.18. The normalized spacial score (nSPS) is 11.9. The summed E-state index contributed by atoms with van der Waals surface area (Å²) in [6.07, 6.45) is 1.60. The van der Waals surface area contributed by atoms with Gasteiger partial charge in [-0.25, -0.2) is 4.98 Å². The van der Waals surface area contributed by atoms with Crippen LogP contribution < -0.4 is 10.6 Å². The highest BCUT2D eigenvalue weighted by Gasteiger charge is 2.10. The molecule has 0 aliphatic heterocycles. The number of aromatic nitrogens is 2. The van der Waals surface area contributed by atoms with Gasteiger partial charge in [-0.3, -0.25) is 0 Å². The molecule has 5 heteroatoms. The molecule has 2 aromatic rings. The molecule has 100 valence electrons. The third kappa shape index (κ3) is 3.58. The van der Waals surface area contributed by atoms with Gasteiger partial charge in [0.05, 0.1) is 6.20 Å². The minimum atomic E-state index is 0.128. The molecule has 1 heterocycles. The fourth-order valence-electron chi connectivity index (χ4n) is 1.74. The summed E-state index contributed by atoms with van der Waals surface area (Å²) in [6.45, 7) is 4.84. The van der Waals surface area contributed by atoms with Gasteiger partial charge in [0.25, 0.3) is 0 Å². The van der Waals surface area contributed by atoms with E-state index in [0.29, 0.717) is 16.8 Å². The van der Waals surface area contributed by atoms with Crippen molar-refractivity contribution < 1.29 is 0 Å². The molecule has 0 radical (unpaired) electrons. The van der Waals surface area contributed by atoms with E-state index >= 15 is 0 Å². The number of halogens is 1. The lowest BCUT2D eigenvalue weighted by molar-refractivity contribution is 0.872. The van der Waals surface area contributed by atoms with Crippen molar-refractivity contribution in [2.75, 3.05) is 17.2 Å². The molecule has 2 rings (SSSR count). The maximum Gasteiger partial charge on any atom is 0.224 e. The van der Waals surface area contributed by atoms with E-state index in [9.17, 15) is 0 Å². The van der Waals surface area contributed by atoms with Crippen LogP contribution in [0.2, 0.25) is 5.02 Å². The van der Waals surface area contributed by atoms with Gasteiger partial charge < -0.3 is 10.6 Å². The second kappa shape index (κ2) is 6.38. The van der Waals surface area contributed by atoms with Gasteiger partial charge >= 0.3 is 0 Å². The Kier molecular flexibility index (Phi) is 4.58. The standard InChI is InChI=1S/C14H17ClN4/c1-3-16-14-17-9-12(15)13(19-14)18-10(2)11-7-5-4-6-8-11/h4-10H,3H2,1-2H3,(H2,16,17,18,19). The zero-order valence-corrected chi connectivity index (χ0v) is 11.8. The highest BCUT2D eigenvalue weighted by Crippen LogP contribution is 2.24. The molecule has 0 bridgehead atoms. The number of hydrogen-bond donors (Lipinski definition) is 2. The van der Waals surface area contributed by atoms with Gasteiger partial charge in [0.15, 0.2) is 5.82 Å². The number of rotatable bonds is 5. The summed E-state index contributed by atoms with van der Waals surface area (Å²) in [4.78, 5) is 8.48. The third-order valence-corrected chi connectivity index (χ3v) is 3.01. The van der Waals surface area contributed by atoms with Crippen molar-refractivity contribution in [1.82, 2.24) is 9.97 Å². The first-order chi connectivity index (χ1) is 9.20. The first-order valence-corrected chi connectivity index (χ1v) is 6.66. The fourth-order valence-corrected chi connectivity index (χ4v) is 1.89. The minimum Gasteiger partial charge on any atom is -0.362 e. The van der Waals surface area contributed by atoms with Crippen LogP contribution in [0.5, 0.6) is 0 Å². The van der Waals surface area contributed by atoms with Crippen molar-refractivity contribution in [3.8, 4) is 0 Å². The molecule has 0 saturated carbocycles. The van der Waals surface area contributed by atoms with Crippen LogP contribution in [-0.4, -0.2) is 16.5 Å². The highest BCUT2D eigenvalue weighted by atomic mass is 35.5. The number of nitrogens with zero attached hydrogens (tertiary/aromatic N) is 2. The van der Waals surface area contributed by atoms with Crippen LogP contribution in [-0.2, 0) is 0 Å². The smallest absolute Gasteiger partial charge is 0.224 e. The van der Waals surface area contributed by atoms with E-state index in [1.165, 1.54) is 5.56 Å². The summed E-state index contributed by atoms with van der Waals surface area (Å²) < 4.78 is 0. The molecule has 0 spiro atoms. The zero-order chi connectivity index (χ0) is 13.7. The lowest BCUT2D eigenvalue weighted by Gasteiger charge is -2.16. The Labute approximate surface area is 118 Å². The van der Waals surface area contributed by atoms with Gasteiger partial charge in [-0.05, 0) is 19.4 Å². The molecule has 1 atom stereocenters. The second-order valence-electron chi connectivity index (χ2n) is 4.20. The molecule has 2 N–H and O–H groups in total.